The lowest BCUT2D eigenvalue weighted by Crippen LogP contribution is -2.42. The van der Waals surface area contributed by atoms with Crippen molar-refractivity contribution in [3.05, 3.63) is 9.47 Å². The summed E-state index contributed by atoms with van der Waals surface area (Å²) in [5.74, 6) is 0.505. The van der Waals surface area contributed by atoms with Gasteiger partial charge in [0.15, 0.2) is 0 Å². The van der Waals surface area contributed by atoms with Crippen molar-refractivity contribution >= 4 is 28.8 Å². The van der Waals surface area contributed by atoms with Crippen LogP contribution < -0.4 is 0 Å². The van der Waals surface area contributed by atoms with Crippen LogP contribution in [0.4, 0.5) is 0 Å². The number of hydrogen-bond acceptors (Lipinski definition) is 5. The molecule has 7 heteroatoms. The second-order valence-electron chi connectivity index (χ2n) is 4.43. The van der Waals surface area contributed by atoms with Crippen LogP contribution in [0.15, 0.2) is 0 Å². The molecule has 1 aromatic rings. The fraction of sp³-hybridized carbons (Fsp3) is 0.727. The molecule has 1 aliphatic rings. The van der Waals surface area contributed by atoms with Crippen molar-refractivity contribution in [2.45, 2.75) is 25.8 Å². The zero-order valence-corrected chi connectivity index (χ0v) is 12.0. The van der Waals surface area contributed by atoms with E-state index < -0.39 is 0 Å². The Kier molecular flexibility index (Phi) is 4.53. The Hall–Kier alpha value is -0.720. The van der Waals surface area contributed by atoms with Crippen LogP contribution in [0.1, 0.15) is 29.6 Å². The molecular weight excluding hydrogens is 274 g/mol. The topological polar surface area (TPSA) is 55.3 Å². The summed E-state index contributed by atoms with van der Waals surface area (Å²) in [6.45, 7) is 3.17. The Morgan fingerprint density at radius 3 is 2.83 bits per heavy atom. The molecule has 18 heavy (non-hydrogen) atoms. The van der Waals surface area contributed by atoms with E-state index in [0.29, 0.717) is 28.5 Å². The minimum absolute atomic E-state index is 0.101. The molecule has 0 bridgehead atoms. The maximum absolute atomic E-state index is 12.4. The van der Waals surface area contributed by atoms with E-state index in [1.807, 2.05) is 4.90 Å². The average molecular weight is 290 g/mol. The lowest BCUT2D eigenvalue weighted by molar-refractivity contribution is 0.0593. The molecule has 0 saturated heterocycles. The number of nitrogens with zero attached hydrogens (tertiary/aromatic N) is 3. The number of methoxy groups -OCH3 is 1. The van der Waals surface area contributed by atoms with Crippen LogP contribution in [0.3, 0.4) is 0 Å². The lowest BCUT2D eigenvalue weighted by Gasteiger charge is -2.28. The van der Waals surface area contributed by atoms with Crippen LogP contribution in [-0.4, -0.2) is 47.3 Å². The van der Waals surface area contributed by atoms with Crippen LogP contribution in [0.2, 0.25) is 4.47 Å². The minimum Gasteiger partial charge on any atom is -0.383 e. The molecule has 0 aliphatic heterocycles. The summed E-state index contributed by atoms with van der Waals surface area (Å²) < 4.78 is 5.36. The van der Waals surface area contributed by atoms with Gasteiger partial charge in [-0.2, -0.15) is 0 Å². The van der Waals surface area contributed by atoms with E-state index in [1.54, 1.807) is 7.11 Å². The molecule has 0 N–H and O–H groups in total. The summed E-state index contributed by atoms with van der Waals surface area (Å²) in [7, 11) is 1.63. The zero-order valence-electron chi connectivity index (χ0n) is 10.4. The molecule has 1 aromatic heterocycles. The number of amides is 1. The summed E-state index contributed by atoms with van der Waals surface area (Å²) in [6, 6.07) is 0.218. The van der Waals surface area contributed by atoms with E-state index in [-0.39, 0.29) is 11.9 Å². The summed E-state index contributed by atoms with van der Waals surface area (Å²) in [6.07, 6.45) is 2.38. The molecule has 2 rings (SSSR count). The van der Waals surface area contributed by atoms with Crippen molar-refractivity contribution < 1.29 is 9.53 Å². The first-order chi connectivity index (χ1) is 8.63. The molecule has 0 spiro atoms. The highest BCUT2D eigenvalue weighted by molar-refractivity contribution is 7.17. The van der Waals surface area contributed by atoms with Gasteiger partial charge < -0.3 is 9.64 Å². The molecule has 0 aromatic carbocycles. The normalized spacial score (nSPS) is 16.6. The largest absolute Gasteiger partial charge is 0.383 e. The molecule has 100 valence electrons. The van der Waals surface area contributed by atoms with Gasteiger partial charge in [-0.15, -0.1) is 10.2 Å². The van der Waals surface area contributed by atoms with E-state index in [2.05, 4.69) is 17.1 Å². The Morgan fingerprint density at radius 2 is 2.33 bits per heavy atom. The Morgan fingerprint density at radius 1 is 1.61 bits per heavy atom. The van der Waals surface area contributed by atoms with Crippen molar-refractivity contribution in [1.82, 2.24) is 15.1 Å². The van der Waals surface area contributed by atoms with Crippen molar-refractivity contribution in [3.8, 4) is 0 Å². The number of aromatic nitrogens is 2. The van der Waals surface area contributed by atoms with Crippen LogP contribution in [-0.2, 0) is 4.74 Å². The molecule has 5 nitrogen and oxygen atoms in total. The summed E-state index contributed by atoms with van der Waals surface area (Å²) in [5.41, 5.74) is 0. The number of carbonyl (C=O) groups excluding carboxylic acids is 1. The van der Waals surface area contributed by atoms with Crippen molar-refractivity contribution in [2.24, 2.45) is 5.92 Å². The standard InChI is InChI=1S/C11H16ClN3O2S/c1-7(8-3-4-8)15(5-6-17-2)10(16)9-13-14-11(12)18-9/h7-8H,3-6H2,1-2H3. The fourth-order valence-corrected chi connectivity index (χ4v) is 2.71. The Balaban J connectivity index is 2.09. The monoisotopic (exact) mass is 289 g/mol. The maximum atomic E-state index is 12.4. The van der Waals surface area contributed by atoms with Gasteiger partial charge in [0.05, 0.1) is 6.61 Å². The first-order valence-electron chi connectivity index (χ1n) is 5.92. The van der Waals surface area contributed by atoms with Crippen molar-refractivity contribution in [1.29, 1.82) is 0 Å². The van der Waals surface area contributed by atoms with Crippen LogP contribution in [0.5, 0.6) is 0 Å². The van der Waals surface area contributed by atoms with E-state index in [0.717, 1.165) is 11.3 Å². The lowest BCUT2D eigenvalue weighted by atomic mass is 10.2. The molecular formula is C11H16ClN3O2S. The van der Waals surface area contributed by atoms with E-state index >= 15 is 0 Å². The molecule has 1 amide bonds. The molecule has 1 fully saturated rings. The zero-order chi connectivity index (χ0) is 13.1. The molecule has 1 saturated carbocycles. The number of carbonyl (C=O) groups is 1. The molecule has 0 radical (unpaired) electrons. The molecule has 1 aliphatic carbocycles. The predicted octanol–water partition coefficient (Wildman–Crippen LogP) is 2.08. The highest BCUT2D eigenvalue weighted by Crippen LogP contribution is 2.35. The van der Waals surface area contributed by atoms with Gasteiger partial charge in [0, 0.05) is 19.7 Å². The second-order valence-corrected chi connectivity index (χ2v) is 5.99. The average Bonchev–Trinajstić information content (AvgIpc) is 3.11. The molecule has 1 atom stereocenters. The van der Waals surface area contributed by atoms with Gasteiger partial charge in [-0.1, -0.05) is 11.3 Å². The number of hydrogen-bond donors (Lipinski definition) is 0. The highest BCUT2D eigenvalue weighted by Gasteiger charge is 2.35. The van der Waals surface area contributed by atoms with Crippen LogP contribution in [0, 0.1) is 5.92 Å². The van der Waals surface area contributed by atoms with E-state index in [9.17, 15) is 4.79 Å². The first kappa shape index (κ1) is 13.7. The predicted molar refractivity (Wildman–Crippen MR) is 70.0 cm³/mol. The fourth-order valence-electron chi connectivity index (χ4n) is 1.93. The van der Waals surface area contributed by atoms with Gasteiger partial charge in [0.2, 0.25) is 9.47 Å². The Bertz CT molecular complexity index is 422. The van der Waals surface area contributed by atoms with E-state index in [1.165, 1.54) is 12.8 Å². The molecule has 1 heterocycles. The number of halogens is 1. The smallest absolute Gasteiger partial charge is 0.285 e. The quantitative estimate of drug-likeness (QED) is 0.804. The van der Waals surface area contributed by atoms with Gasteiger partial charge in [0.25, 0.3) is 5.91 Å². The van der Waals surface area contributed by atoms with Gasteiger partial charge in [-0.05, 0) is 37.3 Å². The third kappa shape index (κ3) is 3.18. The van der Waals surface area contributed by atoms with Crippen LogP contribution >= 0.6 is 22.9 Å². The summed E-state index contributed by atoms with van der Waals surface area (Å²) >= 11 is 6.84. The summed E-state index contributed by atoms with van der Waals surface area (Å²) in [5, 5.41) is 7.84. The number of rotatable bonds is 6. The van der Waals surface area contributed by atoms with Gasteiger partial charge >= 0.3 is 0 Å². The molecule has 1 unspecified atom stereocenters. The second kappa shape index (κ2) is 5.95. The van der Waals surface area contributed by atoms with Gasteiger partial charge in [-0.25, -0.2) is 0 Å². The van der Waals surface area contributed by atoms with Gasteiger partial charge in [0.1, 0.15) is 0 Å². The Labute approximate surface area is 115 Å². The van der Waals surface area contributed by atoms with Crippen molar-refractivity contribution in [2.75, 3.05) is 20.3 Å². The van der Waals surface area contributed by atoms with Gasteiger partial charge in [-0.3, -0.25) is 4.79 Å². The minimum atomic E-state index is -0.101. The number of ether oxygens (including phenoxy) is 1. The third-order valence-electron chi connectivity index (χ3n) is 3.18. The van der Waals surface area contributed by atoms with Crippen molar-refractivity contribution in [3.63, 3.8) is 0 Å². The van der Waals surface area contributed by atoms with E-state index in [4.69, 9.17) is 16.3 Å². The highest BCUT2D eigenvalue weighted by atomic mass is 35.5. The first-order valence-corrected chi connectivity index (χ1v) is 7.12. The summed E-state index contributed by atoms with van der Waals surface area (Å²) in [4.78, 5) is 14.2. The maximum Gasteiger partial charge on any atom is 0.285 e. The third-order valence-corrected chi connectivity index (χ3v) is 4.18. The van der Waals surface area contributed by atoms with Crippen LogP contribution in [0.25, 0.3) is 0 Å². The SMILES string of the molecule is COCCN(C(=O)c1nnc(Cl)s1)C(C)C1CC1.